The van der Waals surface area contributed by atoms with E-state index in [1.807, 2.05) is 19.1 Å². The van der Waals surface area contributed by atoms with E-state index in [9.17, 15) is 18.0 Å². The van der Waals surface area contributed by atoms with Gasteiger partial charge in [-0.15, -0.1) is 0 Å². The number of ether oxygens (including phenoxy) is 1. The molecule has 33 heavy (non-hydrogen) atoms. The SMILES string of the molecule is Cc1ccc(C(=O)Oc2ccc(C=NNC(=O)CNS(=O)(=O)c3ccc(Cl)cc3)cc2)cc1. The molecule has 0 unspecified atom stereocenters. The van der Waals surface area contributed by atoms with Crippen LogP contribution in [-0.2, 0) is 14.8 Å². The van der Waals surface area contributed by atoms with Crippen LogP contribution in [0.25, 0.3) is 0 Å². The maximum absolute atomic E-state index is 12.1. The molecule has 0 saturated heterocycles. The highest BCUT2D eigenvalue weighted by Gasteiger charge is 2.15. The van der Waals surface area contributed by atoms with Gasteiger partial charge in [-0.1, -0.05) is 29.3 Å². The van der Waals surface area contributed by atoms with Crippen molar-refractivity contribution in [2.45, 2.75) is 11.8 Å². The molecule has 0 aliphatic heterocycles. The van der Waals surface area contributed by atoms with Crippen LogP contribution in [0.3, 0.4) is 0 Å². The zero-order chi connectivity index (χ0) is 23.8. The Morgan fingerprint density at radius 2 is 1.61 bits per heavy atom. The lowest BCUT2D eigenvalue weighted by Gasteiger charge is -2.06. The Kier molecular flexibility index (Phi) is 7.94. The number of halogens is 1. The van der Waals surface area contributed by atoms with Crippen LogP contribution in [0.5, 0.6) is 5.75 Å². The largest absolute Gasteiger partial charge is 0.423 e. The highest BCUT2D eigenvalue weighted by atomic mass is 35.5. The third kappa shape index (κ3) is 7.25. The summed E-state index contributed by atoms with van der Waals surface area (Å²) >= 11 is 5.74. The van der Waals surface area contributed by atoms with Gasteiger partial charge in [-0.3, -0.25) is 4.79 Å². The molecule has 2 N–H and O–H groups in total. The van der Waals surface area contributed by atoms with Crippen LogP contribution >= 0.6 is 11.6 Å². The van der Waals surface area contributed by atoms with Crippen molar-refractivity contribution in [1.82, 2.24) is 10.1 Å². The van der Waals surface area contributed by atoms with Crippen molar-refractivity contribution in [3.63, 3.8) is 0 Å². The molecule has 0 radical (unpaired) electrons. The topological polar surface area (TPSA) is 114 Å². The van der Waals surface area contributed by atoms with Gasteiger partial charge in [-0.05, 0) is 73.2 Å². The third-order valence-electron chi connectivity index (χ3n) is 4.33. The maximum atomic E-state index is 12.1. The number of benzene rings is 3. The number of hydrogen-bond acceptors (Lipinski definition) is 6. The minimum Gasteiger partial charge on any atom is -0.423 e. The maximum Gasteiger partial charge on any atom is 0.343 e. The number of nitrogens with one attached hydrogen (secondary N) is 2. The Balaban J connectivity index is 1.47. The van der Waals surface area contributed by atoms with E-state index in [0.717, 1.165) is 5.56 Å². The number of carbonyl (C=O) groups is 2. The molecule has 3 aromatic carbocycles. The van der Waals surface area contributed by atoms with Gasteiger partial charge in [0.1, 0.15) is 5.75 Å². The Morgan fingerprint density at radius 1 is 0.970 bits per heavy atom. The van der Waals surface area contributed by atoms with Crippen LogP contribution in [0.2, 0.25) is 5.02 Å². The summed E-state index contributed by atoms with van der Waals surface area (Å²) in [5, 5.41) is 4.19. The average Bonchev–Trinajstić information content (AvgIpc) is 2.80. The first kappa shape index (κ1) is 24.1. The van der Waals surface area contributed by atoms with Crippen molar-refractivity contribution >= 4 is 39.7 Å². The van der Waals surface area contributed by atoms with E-state index in [1.165, 1.54) is 30.5 Å². The standard InChI is InChI=1S/C23H20ClN3O5S/c1-16-2-6-18(7-3-16)23(29)32-20-10-4-17(5-11-20)14-25-27-22(28)15-26-33(30,31)21-12-8-19(24)9-13-21/h2-14,26H,15H2,1H3,(H,27,28). The molecule has 0 aromatic heterocycles. The van der Waals surface area contributed by atoms with Gasteiger partial charge in [0.2, 0.25) is 10.0 Å². The molecule has 0 saturated carbocycles. The number of nitrogens with zero attached hydrogens (tertiary/aromatic N) is 1. The molecular formula is C23H20ClN3O5S. The van der Waals surface area contributed by atoms with Gasteiger partial charge in [0.25, 0.3) is 5.91 Å². The monoisotopic (exact) mass is 485 g/mol. The molecule has 8 nitrogen and oxygen atoms in total. The molecule has 0 fully saturated rings. The van der Waals surface area contributed by atoms with Crippen LogP contribution in [0.1, 0.15) is 21.5 Å². The van der Waals surface area contributed by atoms with Gasteiger partial charge >= 0.3 is 5.97 Å². The summed E-state index contributed by atoms with van der Waals surface area (Å²) in [6, 6.07) is 19.1. The second-order valence-corrected chi connectivity index (χ2v) is 9.10. The fourth-order valence-electron chi connectivity index (χ4n) is 2.55. The molecule has 0 heterocycles. The van der Waals surface area contributed by atoms with E-state index >= 15 is 0 Å². The molecular weight excluding hydrogens is 466 g/mol. The summed E-state index contributed by atoms with van der Waals surface area (Å²) < 4.78 is 31.8. The molecule has 170 valence electrons. The minimum absolute atomic E-state index is 0.00799. The zero-order valence-electron chi connectivity index (χ0n) is 17.5. The summed E-state index contributed by atoms with van der Waals surface area (Å²) in [6.07, 6.45) is 1.37. The number of sulfonamides is 1. The second-order valence-electron chi connectivity index (χ2n) is 6.90. The average molecular weight is 486 g/mol. The van der Waals surface area contributed by atoms with Crippen molar-refractivity contribution in [1.29, 1.82) is 0 Å². The van der Waals surface area contributed by atoms with Gasteiger partial charge in [0.15, 0.2) is 0 Å². The smallest absolute Gasteiger partial charge is 0.343 e. The number of esters is 1. The van der Waals surface area contributed by atoms with Gasteiger partial charge in [0.05, 0.1) is 23.2 Å². The molecule has 3 rings (SSSR count). The number of aryl methyl sites for hydroxylation is 1. The predicted molar refractivity (Wildman–Crippen MR) is 125 cm³/mol. The summed E-state index contributed by atoms with van der Waals surface area (Å²) in [5.74, 6) is -0.754. The Morgan fingerprint density at radius 3 is 2.24 bits per heavy atom. The summed E-state index contributed by atoms with van der Waals surface area (Å²) in [5.41, 5.74) is 4.35. The van der Waals surface area contributed by atoms with Gasteiger partial charge < -0.3 is 4.74 Å². The quantitative estimate of drug-likeness (QED) is 0.220. The van der Waals surface area contributed by atoms with Crippen molar-refractivity contribution in [2.75, 3.05) is 6.54 Å². The lowest BCUT2D eigenvalue weighted by atomic mass is 10.1. The van der Waals surface area contributed by atoms with Gasteiger partial charge in [0, 0.05) is 5.02 Å². The Labute approximate surface area is 196 Å². The second kappa shape index (κ2) is 10.9. The van der Waals surface area contributed by atoms with E-state index in [-0.39, 0.29) is 4.90 Å². The van der Waals surface area contributed by atoms with Crippen LogP contribution < -0.4 is 14.9 Å². The van der Waals surface area contributed by atoms with E-state index in [1.54, 1.807) is 36.4 Å². The van der Waals surface area contributed by atoms with Crippen molar-refractivity contribution in [3.05, 3.63) is 94.5 Å². The Hall–Kier alpha value is -3.53. The molecule has 1 amide bonds. The minimum atomic E-state index is -3.85. The van der Waals surface area contributed by atoms with Gasteiger partial charge in [-0.2, -0.15) is 5.10 Å². The number of amides is 1. The first-order chi connectivity index (χ1) is 15.7. The summed E-state index contributed by atoms with van der Waals surface area (Å²) in [4.78, 5) is 24.0. The number of rotatable bonds is 8. The van der Waals surface area contributed by atoms with Crippen molar-refractivity contribution in [3.8, 4) is 5.75 Å². The highest BCUT2D eigenvalue weighted by molar-refractivity contribution is 7.89. The number of hydrogen-bond donors (Lipinski definition) is 2. The highest BCUT2D eigenvalue weighted by Crippen LogP contribution is 2.15. The molecule has 10 heteroatoms. The summed E-state index contributed by atoms with van der Waals surface area (Å²) in [7, 11) is -3.85. The normalized spacial score (nSPS) is 11.3. The zero-order valence-corrected chi connectivity index (χ0v) is 19.1. The molecule has 3 aromatic rings. The third-order valence-corrected chi connectivity index (χ3v) is 6.00. The molecule has 0 bridgehead atoms. The van der Waals surface area contributed by atoms with Crippen molar-refractivity contribution in [2.24, 2.45) is 5.10 Å². The lowest BCUT2D eigenvalue weighted by Crippen LogP contribution is -2.34. The first-order valence-electron chi connectivity index (χ1n) is 9.69. The fraction of sp³-hybridized carbons (Fsp3) is 0.0870. The Bertz CT molecular complexity index is 1260. The molecule has 0 aliphatic rings. The predicted octanol–water partition coefficient (Wildman–Crippen LogP) is 3.30. The molecule has 0 aliphatic carbocycles. The van der Waals surface area contributed by atoms with E-state index in [0.29, 0.717) is 21.9 Å². The van der Waals surface area contributed by atoms with Crippen molar-refractivity contribution < 1.29 is 22.7 Å². The van der Waals surface area contributed by atoms with E-state index in [4.69, 9.17) is 16.3 Å². The van der Waals surface area contributed by atoms with E-state index < -0.39 is 28.4 Å². The van der Waals surface area contributed by atoms with E-state index in [2.05, 4.69) is 15.2 Å². The molecule has 0 spiro atoms. The lowest BCUT2D eigenvalue weighted by molar-refractivity contribution is -0.119. The fourth-order valence-corrected chi connectivity index (χ4v) is 3.66. The number of hydrazone groups is 1. The first-order valence-corrected chi connectivity index (χ1v) is 11.5. The number of carbonyl (C=O) groups excluding carboxylic acids is 2. The van der Waals surface area contributed by atoms with Crippen LogP contribution in [0, 0.1) is 6.92 Å². The summed E-state index contributed by atoms with van der Waals surface area (Å²) in [6.45, 7) is 1.44. The van der Waals surface area contributed by atoms with Gasteiger partial charge in [-0.25, -0.2) is 23.4 Å². The van der Waals surface area contributed by atoms with Crippen LogP contribution in [0.15, 0.2) is 82.8 Å². The molecule has 0 atom stereocenters. The van der Waals surface area contributed by atoms with Crippen LogP contribution in [-0.4, -0.2) is 33.1 Å². The van der Waals surface area contributed by atoms with Crippen LogP contribution in [0.4, 0.5) is 0 Å².